The van der Waals surface area contributed by atoms with E-state index in [1.54, 1.807) is 0 Å². The molecule has 4 rings (SSSR count). The summed E-state index contributed by atoms with van der Waals surface area (Å²) in [4.78, 5) is 31.2. The SMILES string of the molecule is CC(C)CC(=O)N1CC2(C1)CN(CC1CC1)C(C(=O)N1CCC1)CO2. The van der Waals surface area contributed by atoms with E-state index in [-0.39, 0.29) is 23.5 Å². The lowest BCUT2D eigenvalue weighted by Crippen LogP contribution is -2.74. The van der Waals surface area contributed by atoms with Crippen molar-refractivity contribution in [2.24, 2.45) is 11.8 Å². The van der Waals surface area contributed by atoms with E-state index in [0.29, 0.717) is 32.0 Å². The number of likely N-dealkylation sites (tertiary alicyclic amines) is 2. The minimum absolute atomic E-state index is 0.119. The average Bonchev–Trinajstić information content (AvgIpc) is 3.25. The first-order valence-electron chi connectivity index (χ1n) is 9.90. The lowest BCUT2D eigenvalue weighted by molar-refractivity contribution is -0.207. The van der Waals surface area contributed by atoms with Gasteiger partial charge in [-0.3, -0.25) is 14.5 Å². The van der Waals surface area contributed by atoms with Crippen LogP contribution in [0.2, 0.25) is 0 Å². The van der Waals surface area contributed by atoms with Gasteiger partial charge >= 0.3 is 0 Å². The normalized spacial score (nSPS) is 28.8. The lowest BCUT2D eigenvalue weighted by atomic mass is 9.89. The van der Waals surface area contributed by atoms with E-state index in [1.807, 2.05) is 9.80 Å². The summed E-state index contributed by atoms with van der Waals surface area (Å²) in [7, 11) is 0. The number of nitrogens with zero attached hydrogens (tertiary/aromatic N) is 3. The molecule has 3 saturated heterocycles. The molecule has 0 bridgehead atoms. The van der Waals surface area contributed by atoms with Crippen LogP contribution in [0.4, 0.5) is 0 Å². The average molecular weight is 349 g/mol. The van der Waals surface area contributed by atoms with E-state index in [1.165, 1.54) is 12.8 Å². The van der Waals surface area contributed by atoms with E-state index in [9.17, 15) is 9.59 Å². The number of amides is 2. The molecule has 0 aromatic carbocycles. The minimum Gasteiger partial charge on any atom is -0.368 e. The summed E-state index contributed by atoms with van der Waals surface area (Å²) in [6.07, 6.45) is 4.30. The zero-order valence-electron chi connectivity index (χ0n) is 15.6. The maximum Gasteiger partial charge on any atom is 0.242 e. The Morgan fingerprint density at radius 2 is 1.84 bits per heavy atom. The second-order valence-corrected chi connectivity index (χ2v) is 8.91. The van der Waals surface area contributed by atoms with Crippen molar-refractivity contribution in [1.29, 1.82) is 0 Å². The molecule has 1 aliphatic carbocycles. The molecule has 4 aliphatic rings. The van der Waals surface area contributed by atoms with E-state index in [0.717, 1.165) is 38.5 Å². The van der Waals surface area contributed by atoms with Crippen molar-refractivity contribution in [3.63, 3.8) is 0 Å². The van der Waals surface area contributed by atoms with Crippen LogP contribution < -0.4 is 0 Å². The molecule has 0 N–H and O–H groups in total. The minimum atomic E-state index is -0.243. The molecule has 0 aromatic heterocycles. The van der Waals surface area contributed by atoms with E-state index in [4.69, 9.17) is 4.74 Å². The third-order valence-electron chi connectivity index (χ3n) is 6.02. The van der Waals surface area contributed by atoms with Gasteiger partial charge in [-0.05, 0) is 31.1 Å². The third kappa shape index (κ3) is 3.56. The maximum atomic E-state index is 12.7. The van der Waals surface area contributed by atoms with Gasteiger partial charge in [0.15, 0.2) is 0 Å². The number of hydrogen-bond donors (Lipinski definition) is 0. The molecule has 25 heavy (non-hydrogen) atoms. The maximum absolute atomic E-state index is 12.7. The highest BCUT2D eigenvalue weighted by molar-refractivity contribution is 5.83. The van der Waals surface area contributed by atoms with Crippen molar-refractivity contribution < 1.29 is 14.3 Å². The molecule has 4 fully saturated rings. The number of hydrogen-bond acceptors (Lipinski definition) is 4. The van der Waals surface area contributed by atoms with Crippen LogP contribution in [0, 0.1) is 11.8 Å². The first-order chi connectivity index (χ1) is 12.0. The van der Waals surface area contributed by atoms with Gasteiger partial charge in [0, 0.05) is 32.6 Å². The first kappa shape index (κ1) is 17.3. The van der Waals surface area contributed by atoms with Crippen molar-refractivity contribution in [3.05, 3.63) is 0 Å². The van der Waals surface area contributed by atoms with Crippen molar-refractivity contribution in [2.45, 2.75) is 51.2 Å². The van der Waals surface area contributed by atoms with Gasteiger partial charge < -0.3 is 14.5 Å². The summed E-state index contributed by atoms with van der Waals surface area (Å²) < 4.78 is 6.19. The lowest BCUT2D eigenvalue weighted by Gasteiger charge is -2.56. The van der Waals surface area contributed by atoms with Crippen LogP contribution >= 0.6 is 0 Å². The van der Waals surface area contributed by atoms with Crippen molar-refractivity contribution in [1.82, 2.24) is 14.7 Å². The van der Waals surface area contributed by atoms with Gasteiger partial charge in [-0.15, -0.1) is 0 Å². The number of carbonyl (C=O) groups excluding carboxylic acids is 2. The Bertz CT molecular complexity index is 536. The third-order valence-corrected chi connectivity index (χ3v) is 6.02. The molecule has 2 amide bonds. The Kier molecular flexibility index (Phi) is 4.52. The number of morpholine rings is 1. The van der Waals surface area contributed by atoms with E-state index in [2.05, 4.69) is 18.7 Å². The molecule has 1 spiro atoms. The van der Waals surface area contributed by atoms with Crippen LogP contribution in [-0.4, -0.2) is 84.0 Å². The molecular weight excluding hydrogens is 318 g/mol. The molecule has 1 unspecified atom stereocenters. The molecule has 1 atom stereocenters. The zero-order chi connectivity index (χ0) is 17.6. The molecule has 0 radical (unpaired) electrons. The van der Waals surface area contributed by atoms with Gasteiger partial charge in [0.25, 0.3) is 0 Å². The van der Waals surface area contributed by atoms with Gasteiger partial charge in [-0.2, -0.15) is 0 Å². The molecule has 6 nitrogen and oxygen atoms in total. The second kappa shape index (κ2) is 6.54. The summed E-state index contributed by atoms with van der Waals surface area (Å²) >= 11 is 0. The summed E-state index contributed by atoms with van der Waals surface area (Å²) in [6.45, 7) is 9.60. The molecular formula is C19H31N3O3. The molecule has 0 aromatic rings. The molecule has 3 heterocycles. The second-order valence-electron chi connectivity index (χ2n) is 8.91. The summed E-state index contributed by atoms with van der Waals surface area (Å²) in [5, 5.41) is 0. The Morgan fingerprint density at radius 1 is 1.12 bits per heavy atom. The van der Waals surface area contributed by atoms with E-state index < -0.39 is 0 Å². The van der Waals surface area contributed by atoms with Gasteiger partial charge in [-0.25, -0.2) is 0 Å². The monoisotopic (exact) mass is 349 g/mol. The van der Waals surface area contributed by atoms with Crippen molar-refractivity contribution >= 4 is 11.8 Å². The van der Waals surface area contributed by atoms with Crippen LogP contribution in [-0.2, 0) is 14.3 Å². The highest BCUT2D eigenvalue weighted by atomic mass is 16.5. The summed E-state index contributed by atoms with van der Waals surface area (Å²) in [5.41, 5.74) is -0.243. The quantitative estimate of drug-likeness (QED) is 0.742. The topological polar surface area (TPSA) is 53.1 Å². The van der Waals surface area contributed by atoms with Crippen LogP contribution in [0.5, 0.6) is 0 Å². The Morgan fingerprint density at radius 3 is 2.40 bits per heavy atom. The highest BCUT2D eigenvalue weighted by Crippen LogP contribution is 2.36. The molecule has 3 aliphatic heterocycles. The Labute approximate surface area is 150 Å². The Balaban J connectivity index is 1.37. The fourth-order valence-electron chi connectivity index (χ4n) is 4.18. The van der Waals surface area contributed by atoms with Gasteiger partial charge in [-0.1, -0.05) is 13.8 Å². The van der Waals surface area contributed by atoms with Crippen molar-refractivity contribution in [3.8, 4) is 0 Å². The fraction of sp³-hybridized carbons (Fsp3) is 0.895. The first-order valence-corrected chi connectivity index (χ1v) is 9.90. The van der Waals surface area contributed by atoms with Gasteiger partial charge in [0.05, 0.1) is 19.7 Å². The summed E-state index contributed by atoms with van der Waals surface area (Å²) in [6, 6.07) is -0.119. The van der Waals surface area contributed by atoms with Crippen LogP contribution in [0.1, 0.15) is 39.5 Å². The Hall–Kier alpha value is -1.14. The van der Waals surface area contributed by atoms with Crippen LogP contribution in [0.25, 0.3) is 0 Å². The van der Waals surface area contributed by atoms with E-state index >= 15 is 0 Å². The largest absolute Gasteiger partial charge is 0.368 e. The standard InChI is InChI=1S/C19H31N3O3/c1-14(2)8-17(23)22-12-19(13-22)11-21(9-15-4-5-15)16(10-25-19)18(24)20-6-3-7-20/h14-16H,3-13H2,1-2H3. The predicted octanol–water partition coefficient (Wildman–Crippen LogP) is 0.957. The fourth-order valence-corrected chi connectivity index (χ4v) is 4.18. The highest BCUT2D eigenvalue weighted by Gasteiger charge is 2.53. The van der Waals surface area contributed by atoms with Gasteiger partial charge in [0.1, 0.15) is 11.6 Å². The molecule has 140 valence electrons. The smallest absolute Gasteiger partial charge is 0.242 e. The number of rotatable bonds is 5. The zero-order valence-corrected chi connectivity index (χ0v) is 15.6. The number of carbonyl (C=O) groups is 2. The van der Waals surface area contributed by atoms with Crippen LogP contribution in [0.15, 0.2) is 0 Å². The van der Waals surface area contributed by atoms with Crippen molar-refractivity contribution in [2.75, 3.05) is 45.9 Å². The summed E-state index contributed by atoms with van der Waals surface area (Å²) in [5.74, 6) is 1.62. The molecule has 1 saturated carbocycles. The van der Waals surface area contributed by atoms with Crippen LogP contribution in [0.3, 0.4) is 0 Å². The predicted molar refractivity (Wildman–Crippen MR) is 94.0 cm³/mol. The van der Waals surface area contributed by atoms with Gasteiger partial charge in [0.2, 0.25) is 11.8 Å². The molecule has 6 heteroatoms. The number of ether oxygens (including phenoxy) is 1.